The van der Waals surface area contributed by atoms with Crippen LogP contribution >= 0.6 is 0 Å². The van der Waals surface area contributed by atoms with Gasteiger partial charge in [0, 0.05) is 33.1 Å². The van der Waals surface area contributed by atoms with Crippen molar-refractivity contribution in [1.82, 2.24) is 19.2 Å². The second kappa shape index (κ2) is 8.83. The summed E-state index contributed by atoms with van der Waals surface area (Å²) in [6.07, 6.45) is 3.54. The lowest BCUT2D eigenvalue weighted by Gasteiger charge is -2.29. The molecule has 1 saturated heterocycles. The fraction of sp³-hybridized carbons (Fsp3) is 0.214. The average molecular weight is 467 g/mol. The van der Waals surface area contributed by atoms with Gasteiger partial charge in [-0.2, -0.15) is 0 Å². The zero-order valence-corrected chi connectivity index (χ0v) is 19.7. The predicted octanol–water partition coefficient (Wildman–Crippen LogP) is 3.68. The van der Waals surface area contributed by atoms with E-state index >= 15 is 0 Å². The third-order valence-electron chi connectivity index (χ3n) is 6.86. The number of likely N-dealkylation sites (tertiary alicyclic amines) is 1. The number of benzene rings is 2. The summed E-state index contributed by atoms with van der Waals surface area (Å²) in [4.78, 5) is 46.5. The van der Waals surface area contributed by atoms with Crippen LogP contribution in [0.4, 0.5) is 0 Å². The highest BCUT2D eigenvalue weighted by Crippen LogP contribution is 2.40. The number of carbonyl (C=O) groups is 3. The Morgan fingerprint density at radius 2 is 1.66 bits per heavy atom. The van der Waals surface area contributed by atoms with Crippen LogP contribution in [-0.2, 0) is 26.3 Å². The van der Waals surface area contributed by atoms with Gasteiger partial charge in [-0.05, 0) is 28.8 Å². The van der Waals surface area contributed by atoms with E-state index in [0.717, 1.165) is 27.4 Å². The van der Waals surface area contributed by atoms with Gasteiger partial charge in [-0.25, -0.2) is 4.98 Å². The molecule has 1 fully saturated rings. The van der Waals surface area contributed by atoms with E-state index in [0.29, 0.717) is 12.1 Å². The molecule has 0 N–H and O–H groups in total. The van der Waals surface area contributed by atoms with Crippen molar-refractivity contribution in [3.05, 3.63) is 96.4 Å². The van der Waals surface area contributed by atoms with Crippen LogP contribution in [0.1, 0.15) is 24.1 Å². The summed E-state index contributed by atoms with van der Waals surface area (Å²) in [5, 5.41) is 0. The van der Waals surface area contributed by atoms with Gasteiger partial charge in [0.05, 0.1) is 23.9 Å². The van der Waals surface area contributed by atoms with Crippen molar-refractivity contribution in [3.8, 4) is 11.1 Å². The molecule has 5 rings (SSSR count). The first-order valence-electron chi connectivity index (χ1n) is 11.5. The SMILES string of the molecule is CN(Cc1cnc2ccccn12)C(=O)C[C@@]1(c2ccc(-c3ccccc3)cc2)CC(=O)N(C)C1=O. The summed E-state index contributed by atoms with van der Waals surface area (Å²) in [5.41, 5.74) is 3.19. The quantitative estimate of drug-likeness (QED) is 0.407. The third kappa shape index (κ3) is 3.99. The number of hydrogen-bond acceptors (Lipinski definition) is 4. The number of carbonyl (C=O) groups excluding carboxylic acids is 3. The van der Waals surface area contributed by atoms with Crippen LogP contribution in [0.2, 0.25) is 0 Å². The Hall–Kier alpha value is -4.26. The van der Waals surface area contributed by atoms with Crippen molar-refractivity contribution in [1.29, 1.82) is 0 Å². The van der Waals surface area contributed by atoms with Crippen LogP contribution in [0.3, 0.4) is 0 Å². The second-order valence-electron chi connectivity index (χ2n) is 9.07. The first-order chi connectivity index (χ1) is 16.9. The van der Waals surface area contributed by atoms with Crippen LogP contribution in [0.15, 0.2) is 85.2 Å². The lowest BCUT2D eigenvalue weighted by atomic mass is 9.75. The number of amides is 3. The topological polar surface area (TPSA) is 75.0 Å². The minimum atomic E-state index is -1.22. The van der Waals surface area contributed by atoms with Gasteiger partial charge in [0.25, 0.3) is 0 Å². The molecule has 1 aliphatic rings. The van der Waals surface area contributed by atoms with Gasteiger partial charge in [-0.3, -0.25) is 19.3 Å². The highest BCUT2D eigenvalue weighted by Gasteiger charge is 2.52. The third-order valence-corrected chi connectivity index (χ3v) is 6.86. The monoisotopic (exact) mass is 466 g/mol. The Kier molecular flexibility index (Phi) is 5.68. The van der Waals surface area contributed by atoms with Gasteiger partial charge >= 0.3 is 0 Å². The molecule has 0 saturated carbocycles. The zero-order chi connectivity index (χ0) is 24.6. The summed E-state index contributed by atoms with van der Waals surface area (Å²) in [7, 11) is 3.19. The number of imide groups is 1. The Morgan fingerprint density at radius 1 is 0.971 bits per heavy atom. The second-order valence-corrected chi connectivity index (χ2v) is 9.07. The highest BCUT2D eigenvalue weighted by atomic mass is 16.2. The van der Waals surface area contributed by atoms with E-state index in [2.05, 4.69) is 4.98 Å². The van der Waals surface area contributed by atoms with Crippen molar-refractivity contribution in [2.24, 2.45) is 0 Å². The van der Waals surface area contributed by atoms with Crippen molar-refractivity contribution in [2.75, 3.05) is 14.1 Å². The molecule has 7 nitrogen and oxygen atoms in total. The average Bonchev–Trinajstić information content (AvgIpc) is 3.39. The van der Waals surface area contributed by atoms with Crippen molar-refractivity contribution >= 4 is 23.4 Å². The summed E-state index contributed by atoms with van der Waals surface area (Å²) in [6.45, 7) is 0.338. The molecular weight excluding hydrogens is 440 g/mol. The van der Waals surface area contributed by atoms with Crippen LogP contribution in [0.5, 0.6) is 0 Å². The maximum atomic E-state index is 13.4. The van der Waals surface area contributed by atoms with E-state index in [4.69, 9.17) is 0 Å². The number of fused-ring (bicyclic) bond motifs is 1. The molecule has 0 bridgehead atoms. The molecule has 7 heteroatoms. The molecule has 1 aliphatic heterocycles. The number of hydrogen-bond donors (Lipinski definition) is 0. The first kappa shape index (κ1) is 22.5. The molecule has 3 heterocycles. The van der Waals surface area contributed by atoms with Gasteiger partial charge in [0.2, 0.25) is 17.7 Å². The maximum absolute atomic E-state index is 13.4. The van der Waals surface area contributed by atoms with E-state index in [-0.39, 0.29) is 30.6 Å². The first-order valence-corrected chi connectivity index (χ1v) is 11.5. The molecule has 0 unspecified atom stereocenters. The van der Waals surface area contributed by atoms with Gasteiger partial charge in [0.15, 0.2) is 0 Å². The minimum Gasteiger partial charge on any atom is -0.340 e. The summed E-state index contributed by atoms with van der Waals surface area (Å²) >= 11 is 0. The van der Waals surface area contributed by atoms with Gasteiger partial charge in [0.1, 0.15) is 5.65 Å². The molecule has 1 atom stereocenters. The van der Waals surface area contributed by atoms with Gasteiger partial charge in [-0.15, -0.1) is 0 Å². The number of likely N-dealkylation sites (N-methyl/N-ethyl adjacent to an activating group) is 1. The van der Waals surface area contributed by atoms with Crippen LogP contribution in [0, 0.1) is 0 Å². The molecule has 176 valence electrons. The van der Waals surface area contributed by atoms with Gasteiger partial charge < -0.3 is 9.30 Å². The van der Waals surface area contributed by atoms with Crippen LogP contribution in [-0.4, -0.2) is 51.0 Å². The van der Waals surface area contributed by atoms with Crippen LogP contribution < -0.4 is 0 Å². The van der Waals surface area contributed by atoms with E-state index in [9.17, 15) is 14.4 Å². The number of nitrogens with zero attached hydrogens (tertiary/aromatic N) is 4. The lowest BCUT2D eigenvalue weighted by Crippen LogP contribution is -2.41. The van der Waals surface area contributed by atoms with Crippen molar-refractivity contribution in [3.63, 3.8) is 0 Å². The number of imidazole rings is 1. The Balaban J connectivity index is 1.43. The van der Waals surface area contributed by atoms with Gasteiger partial charge in [-0.1, -0.05) is 60.7 Å². The molecule has 0 radical (unpaired) electrons. The molecular formula is C28H26N4O3. The molecule has 0 aliphatic carbocycles. The fourth-order valence-electron chi connectivity index (χ4n) is 4.79. The number of aromatic nitrogens is 2. The molecule has 35 heavy (non-hydrogen) atoms. The Bertz CT molecular complexity index is 1410. The highest BCUT2D eigenvalue weighted by molar-refractivity contribution is 6.10. The molecule has 3 amide bonds. The number of pyridine rings is 1. The number of rotatable bonds is 6. The van der Waals surface area contributed by atoms with E-state index in [1.807, 2.05) is 83.4 Å². The van der Waals surface area contributed by atoms with E-state index in [1.54, 1.807) is 18.1 Å². The molecule has 0 spiro atoms. The molecule has 2 aromatic heterocycles. The summed E-state index contributed by atoms with van der Waals surface area (Å²) in [6, 6.07) is 23.3. The van der Waals surface area contributed by atoms with Crippen LogP contribution in [0.25, 0.3) is 16.8 Å². The van der Waals surface area contributed by atoms with E-state index < -0.39 is 5.41 Å². The predicted molar refractivity (Wildman–Crippen MR) is 132 cm³/mol. The minimum absolute atomic E-state index is 0.0256. The lowest BCUT2D eigenvalue weighted by molar-refractivity contribution is -0.141. The van der Waals surface area contributed by atoms with Crippen molar-refractivity contribution < 1.29 is 14.4 Å². The smallest absolute Gasteiger partial charge is 0.240 e. The van der Waals surface area contributed by atoms with E-state index in [1.165, 1.54) is 7.05 Å². The summed E-state index contributed by atoms with van der Waals surface area (Å²) < 4.78 is 1.93. The normalized spacial score (nSPS) is 17.8. The fourth-order valence-corrected chi connectivity index (χ4v) is 4.79. The Morgan fingerprint density at radius 3 is 2.34 bits per heavy atom. The molecule has 4 aromatic rings. The summed E-state index contributed by atoms with van der Waals surface area (Å²) in [5.74, 6) is -0.828. The standard InChI is InChI=1S/C28H26N4O3/c1-30(19-23-18-29-24-10-6-7-15-32(23)24)25(33)16-28(17-26(34)31(2)27(28)35)22-13-11-21(12-14-22)20-8-4-3-5-9-20/h3-15,18H,16-17,19H2,1-2H3/t28-/m0/s1. The zero-order valence-electron chi connectivity index (χ0n) is 19.7. The molecule has 2 aromatic carbocycles. The maximum Gasteiger partial charge on any atom is 0.240 e. The van der Waals surface area contributed by atoms with Crippen molar-refractivity contribution in [2.45, 2.75) is 24.8 Å². The Labute approximate surface area is 203 Å². The largest absolute Gasteiger partial charge is 0.340 e.